The molecule has 1 aromatic carbocycles. The van der Waals surface area contributed by atoms with Crippen LogP contribution in [0.15, 0.2) is 30.9 Å². The third-order valence-electron chi connectivity index (χ3n) is 3.38. The van der Waals surface area contributed by atoms with Crippen molar-refractivity contribution >= 4 is 0 Å². The number of rotatable bonds is 8. The molecule has 2 aromatic rings. The zero-order chi connectivity index (χ0) is 15.1. The van der Waals surface area contributed by atoms with Crippen LogP contribution < -0.4 is 10.1 Å². The first-order chi connectivity index (χ1) is 10.2. The summed E-state index contributed by atoms with van der Waals surface area (Å²) in [5.74, 6) is 0.916. The van der Waals surface area contributed by atoms with Crippen molar-refractivity contribution in [3.63, 3.8) is 0 Å². The highest BCUT2D eigenvalue weighted by Crippen LogP contribution is 2.24. The fourth-order valence-corrected chi connectivity index (χ4v) is 2.26. The van der Waals surface area contributed by atoms with Crippen molar-refractivity contribution in [2.75, 3.05) is 13.2 Å². The van der Waals surface area contributed by atoms with E-state index in [1.165, 1.54) is 5.56 Å². The number of benzene rings is 1. The Bertz CT molecular complexity index is 539. The maximum absolute atomic E-state index is 5.72. The van der Waals surface area contributed by atoms with Crippen molar-refractivity contribution in [1.29, 1.82) is 0 Å². The van der Waals surface area contributed by atoms with Crippen molar-refractivity contribution in [1.82, 2.24) is 20.1 Å². The lowest BCUT2D eigenvalue weighted by Crippen LogP contribution is -2.19. The average Bonchev–Trinajstić information content (AvgIpc) is 2.99. The van der Waals surface area contributed by atoms with Gasteiger partial charge in [0.1, 0.15) is 18.4 Å². The summed E-state index contributed by atoms with van der Waals surface area (Å²) in [6, 6.07) is 6.70. The molecule has 0 aliphatic heterocycles. The van der Waals surface area contributed by atoms with E-state index in [-0.39, 0.29) is 0 Å². The van der Waals surface area contributed by atoms with Gasteiger partial charge in [-0.1, -0.05) is 13.0 Å². The summed E-state index contributed by atoms with van der Waals surface area (Å²) in [6.07, 6.45) is 4.41. The number of hydrogen-bond acceptors (Lipinski definition) is 4. The quantitative estimate of drug-likeness (QED) is 0.811. The molecule has 2 rings (SSSR count). The molecule has 0 amide bonds. The lowest BCUT2D eigenvalue weighted by atomic mass is 10.0. The standard InChI is InChI=1S/C16H24N4O/c1-4-8-18-13(3)14-6-7-16(21-5-2)15(9-14)10-20-12-17-11-19-20/h6-7,9,11-13,18H,4-5,8,10H2,1-3H3. The summed E-state index contributed by atoms with van der Waals surface area (Å²) < 4.78 is 7.53. The molecule has 114 valence electrons. The van der Waals surface area contributed by atoms with Crippen LogP contribution >= 0.6 is 0 Å². The van der Waals surface area contributed by atoms with Gasteiger partial charge in [-0.25, -0.2) is 9.67 Å². The van der Waals surface area contributed by atoms with Crippen LogP contribution in [-0.2, 0) is 6.54 Å². The van der Waals surface area contributed by atoms with E-state index in [9.17, 15) is 0 Å². The molecule has 0 saturated heterocycles. The van der Waals surface area contributed by atoms with Crippen molar-refractivity contribution in [3.05, 3.63) is 42.0 Å². The van der Waals surface area contributed by atoms with E-state index in [4.69, 9.17) is 4.74 Å². The largest absolute Gasteiger partial charge is 0.494 e. The molecule has 0 fully saturated rings. The zero-order valence-corrected chi connectivity index (χ0v) is 13.0. The maximum Gasteiger partial charge on any atom is 0.137 e. The smallest absolute Gasteiger partial charge is 0.137 e. The van der Waals surface area contributed by atoms with E-state index in [2.05, 4.69) is 47.4 Å². The van der Waals surface area contributed by atoms with Crippen LogP contribution in [-0.4, -0.2) is 27.9 Å². The number of nitrogens with one attached hydrogen (secondary N) is 1. The van der Waals surface area contributed by atoms with E-state index in [1.807, 2.05) is 11.6 Å². The van der Waals surface area contributed by atoms with E-state index in [1.54, 1.807) is 12.7 Å². The van der Waals surface area contributed by atoms with Crippen molar-refractivity contribution < 1.29 is 4.74 Å². The van der Waals surface area contributed by atoms with Gasteiger partial charge in [-0.05, 0) is 44.5 Å². The number of hydrogen-bond donors (Lipinski definition) is 1. The first kappa shape index (κ1) is 15.5. The number of aromatic nitrogens is 3. The van der Waals surface area contributed by atoms with Crippen LogP contribution in [0.2, 0.25) is 0 Å². The van der Waals surface area contributed by atoms with Crippen LogP contribution in [0.5, 0.6) is 5.75 Å². The summed E-state index contributed by atoms with van der Waals surface area (Å²) in [5, 5.41) is 7.68. The van der Waals surface area contributed by atoms with Gasteiger partial charge in [0.15, 0.2) is 0 Å². The van der Waals surface area contributed by atoms with E-state index >= 15 is 0 Å². The molecule has 0 spiro atoms. The molecule has 5 heteroatoms. The average molecular weight is 288 g/mol. The molecule has 21 heavy (non-hydrogen) atoms. The summed E-state index contributed by atoms with van der Waals surface area (Å²) >= 11 is 0. The molecule has 1 unspecified atom stereocenters. The topological polar surface area (TPSA) is 52.0 Å². The van der Waals surface area contributed by atoms with E-state index in [0.717, 1.165) is 24.3 Å². The minimum atomic E-state index is 0.329. The molecule has 0 aliphatic carbocycles. The molecule has 5 nitrogen and oxygen atoms in total. The Morgan fingerprint density at radius 3 is 2.86 bits per heavy atom. The van der Waals surface area contributed by atoms with Crippen LogP contribution in [0.25, 0.3) is 0 Å². The van der Waals surface area contributed by atoms with Gasteiger partial charge < -0.3 is 10.1 Å². The van der Waals surface area contributed by atoms with Gasteiger partial charge in [0.25, 0.3) is 0 Å². The Morgan fingerprint density at radius 1 is 1.33 bits per heavy atom. The summed E-state index contributed by atoms with van der Waals surface area (Å²) in [6.45, 7) is 8.71. The van der Waals surface area contributed by atoms with Gasteiger partial charge in [-0.3, -0.25) is 0 Å². The molecule has 0 bridgehead atoms. The third kappa shape index (κ3) is 4.29. The molecule has 1 N–H and O–H groups in total. The normalized spacial score (nSPS) is 12.3. The predicted molar refractivity (Wildman–Crippen MR) is 83.4 cm³/mol. The van der Waals surface area contributed by atoms with Crippen molar-refractivity contribution in [2.45, 2.75) is 39.8 Å². The van der Waals surface area contributed by atoms with E-state index in [0.29, 0.717) is 19.2 Å². The lowest BCUT2D eigenvalue weighted by molar-refractivity contribution is 0.335. The highest BCUT2D eigenvalue weighted by Gasteiger charge is 2.10. The molecule has 1 aromatic heterocycles. The first-order valence-corrected chi connectivity index (χ1v) is 7.56. The second-order valence-electron chi connectivity index (χ2n) is 5.07. The summed E-state index contributed by atoms with van der Waals surface area (Å²) in [7, 11) is 0. The minimum absolute atomic E-state index is 0.329. The Hall–Kier alpha value is -1.88. The Balaban J connectivity index is 2.21. The Kier molecular flexibility index (Phi) is 5.75. The zero-order valence-electron chi connectivity index (χ0n) is 13.0. The van der Waals surface area contributed by atoms with Crippen LogP contribution in [0.3, 0.4) is 0 Å². The molecular weight excluding hydrogens is 264 g/mol. The summed E-state index contributed by atoms with van der Waals surface area (Å²) in [5.41, 5.74) is 2.40. The van der Waals surface area contributed by atoms with Gasteiger partial charge in [0.2, 0.25) is 0 Å². The van der Waals surface area contributed by atoms with Gasteiger partial charge >= 0.3 is 0 Å². The summed E-state index contributed by atoms with van der Waals surface area (Å²) in [4.78, 5) is 3.99. The van der Waals surface area contributed by atoms with Crippen molar-refractivity contribution in [3.8, 4) is 5.75 Å². The van der Waals surface area contributed by atoms with Gasteiger partial charge in [0, 0.05) is 11.6 Å². The second-order valence-corrected chi connectivity index (χ2v) is 5.07. The monoisotopic (exact) mass is 288 g/mol. The fourth-order valence-electron chi connectivity index (χ4n) is 2.26. The number of nitrogens with zero attached hydrogens (tertiary/aromatic N) is 3. The maximum atomic E-state index is 5.72. The fraction of sp³-hybridized carbons (Fsp3) is 0.500. The number of ether oxygens (including phenoxy) is 1. The van der Waals surface area contributed by atoms with Crippen LogP contribution in [0.1, 0.15) is 44.4 Å². The molecule has 1 heterocycles. The molecule has 0 aliphatic rings. The predicted octanol–water partition coefficient (Wildman–Crippen LogP) is 2.79. The van der Waals surface area contributed by atoms with Gasteiger partial charge in [0.05, 0.1) is 13.2 Å². The molecular formula is C16H24N4O. The Morgan fingerprint density at radius 2 is 2.19 bits per heavy atom. The minimum Gasteiger partial charge on any atom is -0.494 e. The van der Waals surface area contributed by atoms with Gasteiger partial charge in [-0.2, -0.15) is 5.10 Å². The van der Waals surface area contributed by atoms with Gasteiger partial charge in [-0.15, -0.1) is 0 Å². The van der Waals surface area contributed by atoms with E-state index < -0.39 is 0 Å². The first-order valence-electron chi connectivity index (χ1n) is 7.56. The highest BCUT2D eigenvalue weighted by atomic mass is 16.5. The molecule has 0 radical (unpaired) electrons. The second kappa shape index (κ2) is 7.78. The van der Waals surface area contributed by atoms with Crippen LogP contribution in [0, 0.1) is 0 Å². The Labute approximate surface area is 126 Å². The molecule has 0 saturated carbocycles. The third-order valence-corrected chi connectivity index (χ3v) is 3.38. The lowest BCUT2D eigenvalue weighted by Gasteiger charge is -2.17. The molecule has 1 atom stereocenters. The highest BCUT2D eigenvalue weighted by molar-refractivity contribution is 5.38. The SMILES string of the molecule is CCCNC(C)c1ccc(OCC)c(Cn2cncn2)c1. The van der Waals surface area contributed by atoms with Crippen molar-refractivity contribution in [2.24, 2.45) is 0 Å². The van der Waals surface area contributed by atoms with Crippen LogP contribution in [0.4, 0.5) is 0 Å².